The van der Waals surface area contributed by atoms with Gasteiger partial charge in [-0.25, -0.2) is 13.1 Å². The van der Waals surface area contributed by atoms with Crippen LogP contribution in [0.15, 0.2) is 29.2 Å². The molecular formula is C14H23NO4S. The number of rotatable bonds is 9. The van der Waals surface area contributed by atoms with Gasteiger partial charge in [-0.2, -0.15) is 0 Å². The lowest BCUT2D eigenvalue weighted by atomic mass is 10.0. The van der Waals surface area contributed by atoms with Crippen molar-refractivity contribution < 1.29 is 17.9 Å². The minimum atomic E-state index is -3.46. The molecule has 6 heteroatoms. The van der Waals surface area contributed by atoms with Crippen molar-refractivity contribution in [2.75, 3.05) is 33.5 Å². The normalized spacial score (nSPS) is 12.0. The summed E-state index contributed by atoms with van der Waals surface area (Å²) in [6.45, 7) is 5.67. The van der Waals surface area contributed by atoms with Gasteiger partial charge in [0.05, 0.1) is 24.7 Å². The smallest absolute Gasteiger partial charge is 0.240 e. The molecule has 1 aromatic rings. The number of sulfonamides is 1. The lowest BCUT2D eigenvalue weighted by molar-refractivity contribution is 0.0736. The molecule has 0 heterocycles. The van der Waals surface area contributed by atoms with Crippen LogP contribution in [0.4, 0.5) is 0 Å². The van der Waals surface area contributed by atoms with Crippen LogP contribution < -0.4 is 4.72 Å². The molecule has 114 valence electrons. The predicted octanol–water partition coefficient (Wildman–Crippen LogP) is 1.75. The Kier molecular flexibility index (Phi) is 7.15. The summed E-state index contributed by atoms with van der Waals surface area (Å²) in [5, 5.41) is 0. The molecule has 0 saturated carbocycles. The van der Waals surface area contributed by atoms with E-state index in [1.54, 1.807) is 19.2 Å². The second-order valence-corrected chi connectivity index (χ2v) is 6.49. The van der Waals surface area contributed by atoms with Gasteiger partial charge in [0.1, 0.15) is 0 Å². The molecule has 0 radical (unpaired) electrons. The molecule has 1 N–H and O–H groups in total. The molecule has 20 heavy (non-hydrogen) atoms. The molecule has 0 unspecified atom stereocenters. The van der Waals surface area contributed by atoms with Crippen molar-refractivity contribution in [3.63, 3.8) is 0 Å². The van der Waals surface area contributed by atoms with Gasteiger partial charge in [-0.3, -0.25) is 0 Å². The summed E-state index contributed by atoms with van der Waals surface area (Å²) in [5.74, 6) is 0.383. The maximum absolute atomic E-state index is 12.0. The fourth-order valence-electron chi connectivity index (χ4n) is 1.61. The van der Waals surface area contributed by atoms with Gasteiger partial charge in [0.2, 0.25) is 10.0 Å². The van der Waals surface area contributed by atoms with Crippen LogP contribution >= 0.6 is 0 Å². The van der Waals surface area contributed by atoms with Crippen LogP contribution in [0, 0.1) is 0 Å². The van der Waals surface area contributed by atoms with E-state index in [0.29, 0.717) is 25.7 Å². The third-order valence-corrected chi connectivity index (χ3v) is 4.30. The molecule has 0 spiro atoms. The molecule has 0 aromatic heterocycles. The Morgan fingerprint density at radius 2 is 1.75 bits per heavy atom. The first-order chi connectivity index (χ1) is 9.47. The highest BCUT2D eigenvalue weighted by molar-refractivity contribution is 7.89. The van der Waals surface area contributed by atoms with Gasteiger partial charge >= 0.3 is 0 Å². The van der Waals surface area contributed by atoms with Gasteiger partial charge in [0, 0.05) is 13.7 Å². The van der Waals surface area contributed by atoms with E-state index in [-0.39, 0.29) is 11.4 Å². The predicted molar refractivity (Wildman–Crippen MR) is 78.4 cm³/mol. The summed E-state index contributed by atoms with van der Waals surface area (Å²) in [7, 11) is -1.87. The average molecular weight is 301 g/mol. The summed E-state index contributed by atoms with van der Waals surface area (Å²) < 4.78 is 36.6. The fourth-order valence-corrected chi connectivity index (χ4v) is 2.62. The van der Waals surface area contributed by atoms with Crippen LogP contribution in [0.2, 0.25) is 0 Å². The summed E-state index contributed by atoms with van der Waals surface area (Å²) in [6.07, 6.45) is 0. The zero-order valence-corrected chi connectivity index (χ0v) is 13.1. The first-order valence-electron chi connectivity index (χ1n) is 6.63. The van der Waals surface area contributed by atoms with E-state index in [9.17, 15) is 8.42 Å². The largest absolute Gasteiger partial charge is 0.382 e. The van der Waals surface area contributed by atoms with Crippen LogP contribution in [0.25, 0.3) is 0 Å². The molecule has 0 aliphatic carbocycles. The third kappa shape index (κ3) is 5.58. The Hall–Kier alpha value is -0.950. The van der Waals surface area contributed by atoms with E-state index in [1.807, 2.05) is 12.1 Å². The van der Waals surface area contributed by atoms with Crippen molar-refractivity contribution in [1.29, 1.82) is 0 Å². The number of hydrogen-bond acceptors (Lipinski definition) is 4. The average Bonchev–Trinajstić information content (AvgIpc) is 2.43. The molecule has 0 amide bonds. The number of ether oxygens (including phenoxy) is 2. The van der Waals surface area contributed by atoms with Crippen molar-refractivity contribution in [3.8, 4) is 0 Å². The highest BCUT2D eigenvalue weighted by Crippen LogP contribution is 2.17. The number of methoxy groups -OCH3 is 1. The van der Waals surface area contributed by atoms with E-state index in [0.717, 1.165) is 5.56 Å². The van der Waals surface area contributed by atoms with Crippen LogP contribution in [0.3, 0.4) is 0 Å². The monoisotopic (exact) mass is 301 g/mol. The molecule has 0 aliphatic heterocycles. The van der Waals surface area contributed by atoms with E-state index in [1.165, 1.54) is 0 Å². The SMILES string of the molecule is COCCOCCNS(=O)(=O)c1ccc(C(C)C)cc1. The van der Waals surface area contributed by atoms with Crippen LogP contribution in [-0.2, 0) is 19.5 Å². The molecule has 0 saturated heterocycles. The van der Waals surface area contributed by atoms with Gasteiger partial charge in [0.15, 0.2) is 0 Å². The number of nitrogens with one attached hydrogen (secondary N) is 1. The highest BCUT2D eigenvalue weighted by atomic mass is 32.2. The molecule has 1 aromatic carbocycles. The fraction of sp³-hybridized carbons (Fsp3) is 0.571. The van der Waals surface area contributed by atoms with Crippen molar-refractivity contribution in [1.82, 2.24) is 4.72 Å². The number of benzene rings is 1. The topological polar surface area (TPSA) is 64.6 Å². The van der Waals surface area contributed by atoms with E-state index in [4.69, 9.17) is 9.47 Å². The zero-order valence-electron chi connectivity index (χ0n) is 12.3. The summed E-state index contributed by atoms with van der Waals surface area (Å²) in [5.41, 5.74) is 1.12. The Bertz CT molecular complexity index is 482. The summed E-state index contributed by atoms with van der Waals surface area (Å²) >= 11 is 0. The lowest BCUT2D eigenvalue weighted by Crippen LogP contribution is -2.27. The molecular weight excluding hydrogens is 278 g/mol. The number of hydrogen-bond donors (Lipinski definition) is 1. The van der Waals surface area contributed by atoms with Gasteiger partial charge in [0.25, 0.3) is 0 Å². The Morgan fingerprint density at radius 1 is 1.10 bits per heavy atom. The van der Waals surface area contributed by atoms with E-state index < -0.39 is 10.0 Å². The summed E-state index contributed by atoms with van der Waals surface area (Å²) in [6, 6.07) is 6.94. The van der Waals surface area contributed by atoms with E-state index in [2.05, 4.69) is 18.6 Å². The first kappa shape index (κ1) is 17.1. The summed E-state index contributed by atoms with van der Waals surface area (Å²) in [4.78, 5) is 0.277. The molecule has 0 bridgehead atoms. The van der Waals surface area contributed by atoms with Gasteiger partial charge in [-0.05, 0) is 23.6 Å². The maximum atomic E-state index is 12.0. The quantitative estimate of drug-likeness (QED) is 0.706. The molecule has 0 fully saturated rings. The van der Waals surface area contributed by atoms with Crippen LogP contribution in [0.5, 0.6) is 0 Å². The lowest BCUT2D eigenvalue weighted by Gasteiger charge is -2.09. The van der Waals surface area contributed by atoms with Gasteiger partial charge in [-0.1, -0.05) is 26.0 Å². The molecule has 0 atom stereocenters. The molecule has 1 rings (SSSR count). The first-order valence-corrected chi connectivity index (χ1v) is 8.12. The van der Waals surface area contributed by atoms with Crippen LogP contribution in [0.1, 0.15) is 25.3 Å². The van der Waals surface area contributed by atoms with Crippen molar-refractivity contribution >= 4 is 10.0 Å². The van der Waals surface area contributed by atoms with Crippen molar-refractivity contribution in [3.05, 3.63) is 29.8 Å². The van der Waals surface area contributed by atoms with Gasteiger partial charge < -0.3 is 9.47 Å². The highest BCUT2D eigenvalue weighted by Gasteiger charge is 2.13. The molecule has 5 nitrogen and oxygen atoms in total. The third-order valence-electron chi connectivity index (χ3n) is 2.83. The van der Waals surface area contributed by atoms with Crippen LogP contribution in [-0.4, -0.2) is 41.9 Å². The second-order valence-electron chi connectivity index (χ2n) is 4.73. The second kappa shape index (κ2) is 8.36. The maximum Gasteiger partial charge on any atom is 0.240 e. The molecule has 0 aliphatic rings. The Labute approximate surface area is 121 Å². The minimum Gasteiger partial charge on any atom is -0.382 e. The van der Waals surface area contributed by atoms with Crippen molar-refractivity contribution in [2.45, 2.75) is 24.7 Å². The minimum absolute atomic E-state index is 0.248. The van der Waals surface area contributed by atoms with Crippen molar-refractivity contribution in [2.24, 2.45) is 0 Å². The van der Waals surface area contributed by atoms with Gasteiger partial charge in [-0.15, -0.1) is 0 Å². The Balaban J connectivity index is 2.47. The zero-order chi connectivity index (χ0) is 15.0. The van der Waals surface area contributed by atoms with E-state index >= 15 is 0 Å². The standard InChI is InChI=1S/C14H23NO4S/c1-12(2)13-4-6-14(7-5-13)20(16,17)15-8-9-19-11-10-18-3/h4-7,12,15H,8-11H2,1-3H3. The Morgan fingerprint density at radius 3 is 2.30 bits per heavy atom.